The van der Waals surface area contributed by atoms with Crippen LogP contribution in [0, 0.1) is 13.8 Å². The Balaban J connectivity index is 2.25. The van der Waals surface area contributed by atoms with E-state index in [1.54, 1.807) is 11.3 Å². The summed E-state index contributed by atoms with van der Waals surface area (Å²) in [6, 6.07) is 6.28. The molecule has 0 saturated heterocycles. The Bertz CT molecular complexity index is 677. The van der Waals surface area contributed by atoms with Crippen LogP contribution in [0.15, 0.2) is 18.2 Å². The largest absolute Gasteiger partial charge is 0.389 e. The second-order valence-electron chi connectivity index (χ2n) is 4.00. The van der Waals surface area contributed by atoms with E-state index in [9.17, 15) is 0 Å². The molecule has 3 nitrogen and oxygen atoms in total. The van der Waals surface area contributed by atoms with Crippen LogP contribution in [-0.4, -0.2) is 9.36 Å². The summed E-state index contributed by atoms with van der Waals surface area (Å²) < 4.78 is 5.46. The highest BCUT2D eigenvalue weighted by molar-refractivity contribution is 7.22. The van der Waals surface area contributed by atoms with Gasteiger partial charge in [0.2, 0.25) is 0 Å². The molecule has 0 spiro atoms. The summed E-state index contributed by atoms with van der Waals surface area (Å²) in [6.07, 6.45) is 0. The average molecular weight is 261 g/mol. The normalized spacial score (nSPS) is 11.2. The number of hydrogen-bond donors (Lipinski definition) is 1. The number of benzene rings is 1. The van der Waals surface area contributed by atoms with Gasteiger partial charge < -0.3 is 5.73 Å². The van der Waals surface area contributed by atoms with Crippen molar-refractivity contribution in [1.82, 2.24) is 9.36 Å². The van der Waals surface area contributed by atoms with Gasteiger partial charge in [0, 0.05) is 0 Å². The van der Waals surface area contributed by atoms with Gasteiger partial charge >= 0.3 is 0 Å². The lowest BCUT2D eigenvalue weighted by Crippen LogP contribution is -1.84. The second kappa shape index (κ2) is 3.78. The first-order valence-corrected chi connectivity index (χ1v) is 6.83. The van der Waals surface area contributed by atoms with E-state index in [1.165, 1.54) is 21.8 Å². The van der Waals surface area contributed by atoms with Crippen molar-refractivity contribution in [3.8, 4) is 10.6 Å². The SMILES string of the molecule is Cc1ccc2nc(-c3c(C)nsc3N)sc2c1. The molecule has 3 aromatic rings. The van der Waals surface area contributed by atoms with Crippen LogP contribution in [0.4, 0.5) is 5.00 Å². The van der Waals surface area contributed by atoms with Crippen molar-refractivity contribution in [1.29, 1.82) is 0 Å². The summed E-state index contributed by atoms with van der Waals surface area (Å²) in [4.78, 5) is 4.62. The summed E-state index contributed by atoms with van der Waals surface area (Å²) in [6.45, 7) is 4.06. The van der Waals surface area contributed by atoms with Crippen molar-refractivity contribution in [2.45, 2.75) is 13.8 Å². The van der Waals surface area contributed by atoms with Gasteiger partial charge in [-0.2, -0.15) is 4.37 Å². The zero-order valence-electron chi connectivity index (χ0n) is 9.52. The van der Waals surface area contributed by atoms with Crippen LogP contribution in [0.2, 0.25) is 0 Å². The number of aryl methyl sites for hydroxylation is 2. The lowest BCUT2D eigenvalue weighted by atomic mass is 10.2. The summed E-state index contributed by atoms with van der Waals surface area (Å²) in [7, 11) is 0. The molecule has 0 bridgehead atoms. The maximum absolute atomic E-state index is 5.95. The van der Waals surface area contributed by atoms with Gasteiger partial charge in [-0.15, -0.1) is 11.3 Å². The Morgan fingerprint density at radius 1 is 1.24 bits per heavy atom. The standard InChI is InChI=1S/C12H11N3S2/c1-6-3-4-8-9(5-6)16-12(14-8)10-7(2)15-17-11(10)13/h3-5H,13H2,1-2H3. The Labute approximate surface area is 107 Å². The molecule has 17 heavy (non-hydrogen) atoms. The molecule has 0 atom stereocenters. The second-order valence-corrected chi connectivity index (χ2v) is 5.83. The lowest BCUT2D eigenvalue weighted by molar-refractivity contribution is 1.33. The van der Waals surface area contributed by atoms with Crippen LogP contribution in [0.1, 0.15) is 11.3 Å². The van der Waals surface area contributed by atoms with E-state index < -0.39 is 0 Å². The minimum absolute atomic E-state index is 0.748. The van der Waals surface area contributed by atoms with Crippen molar-refractivity contribution >= 4 is 38.1 Å². The Morgan fingerprint density at radius 2 is 2.06 bits per heavy atom. The molecule has 0 aliphatic heterocycles. The van der Waals surface area contributed by atoms with Crippen molar-refractivity contribution in [3.63, 3.8) is 0 Å². The van der Waals surface area contributed by atoms with E-state index >= 15 is 0 Å². The van der Waals surface area contributed by atoms with E-state index in [-0.39, 0.29) is 0 Å². The number of hydrogen-bond acceptors (Lipinski definition) is 5. The van der Waals surface area contributed by atoms with Gasteiger partial charge in [0.15, 0.2) is 0 Å². The smallest absolute Gasteiger partial charge is 0.129 e. The number of thiazole rings is 1. The van der Waals surface area contributed by atoms with Crippen LogP contribution in [0.5, 0.6) is 0 Å². The molecular formula is C12H11N3S2. The molecular weight excluding hydrogens is 250 g/mol. The van der Waals surface area contributed by atoms with Crippen molar-refractivity contribution in [3.05, 3.63) is 29.5 Å². The summed E-state index contributed by atoms with van der Waals surface area (Å²) >= 11 is 3.01. The van der Waals surface area contributed by atoms with Crippen molar-refractivity contribution < 1.29 is 0 Å². The predicted molar refractivity (Wildman–Crippen MR) is 74.6 cm³/mol. The zero-order chi connectivity index (χ0) is 12.0. The molecule has 0 radical (unpaired) electrons. The molecule has 0 unspecified atom stereocenters. The van der Waals surface area contributed by atoms with Gasteiger partial charge in [-0.25, -0.2) is 4.98 Å². The van der Waals surface area contributed by atoms with E-state index in [0.29, 0.717) is 0 Å². The Kier molecular flexibility index (Phi) is 2.38. The molecule has 86 valence electrons. The van der Waals surface area contributed by atoms with Gasteiger partial charge in [0.05, 0.1) is 21.5 Å². The van der Waals surface area contributed by atoms with Gasteiger partial charge in [-0.05, 0) is 43.1 Å². The third kappa shape index (κ3) is 1.71. The van der Waals surface area contributed by atoms with Gasteiger partial charge in [0.25, 0.3) is 0 Å². The van der Waals surface area contributed by atoms with Crippen LogP contribution >= 0.6 is 22.9 Å². The van der Waals surface area contributed by atoms with Gasteiger partial charge in [-0.1, -0.05) is 6.07 Å². The number of nitrogens with two attached hydrogens (primary N) is 1. The summed E-state index contributed by atoms with van der Waals surface area (Å²) in [5.41, 5.74) is 10.2. The summed E-state index contributed by atoms with van der Waals surface area (Å²) in [5.74, 6) is 0. The fourth-order valence-corrected chi connectivity index (χ4v) is 3.69. The highest BCUT2D eigenvalue weighted by atomic mass is 32.1. The minimum atomic E-state index is 0.748. The Hall–Kier alpha value is -1.46. The van der Waals surface area contributed by atoms with Crippen LogP contribution in [-0.2, 0) is 0 Å². The van der Waals surface area contributed by atoms with Crippen LogP contribution in [0.3, 0.4) is 0 Å². The molecule has 5 heteroatoms. The van der Waals surface area contributed by atoms with Gasteiger partial charge in [0.1, 0.15) is 10.0 Å². The highest BCUT2D eigenvalue weighted by Crippen LogP contribution is 2.37. The quantitative estimate of drug-likeness (QED) is 0.728. The van der Waals surface area contributed by atoms with E-state index in [2.05, 4.69) is 34.5 Å². The monoisotopic (exact) mass is 261 g/mol. The van der Waals surface area contributed by atoms with E-state index in [0.717, 1.165) is 26.8 Å². The van der Waals surface area contributed by atoms with Crippen LogP contribution in [0.25, 0.3) is 20.8 Å². The molecule has 0 aliphatic carbocycles. The number of anilines is 1. The maximum Gasteiger partial charge on any atom is 0.129 e. The number of nitrogens with zero attached hydrogens (tertiary/aromatic N) is 2. The lowest BCUT2D eigenvalue weighted by Gasteiger charge is -1.93. The fraction of sp³-hybridized carbons (Fsp3) is 0.167. The first-order chi connectivity index (χ1) is 8.15. The van der Waals surface area contributed by atoms with Crippen LogP contribution < -0.4 is 5.73 Å². The fourth-order valence-electron chi connectivity index (χ4n) is 1.79. The number of nitrogen functional groups attached to an aromatic ring is 1. The average Bonchev–Trinajstić information content (AvgIpc) is 2.81. The molecule has 2 aromatic heterocycles. The number of aromatic nitrogens is 2. The minimum Gasteiger partial charge on any atom is -0.389 e. The third-order valence-electron chi connectivity index (χ3n) is 2.65. The van der Waals surface area contributed by atoms with E-state index in [4.69, 9.17) is 5.73 Å². The summed E-state index contributed by atoms with van der Waals surface area (Å²) in [5, 5.41) is 1.72. The molecule has 2 heterocycles. The third-order valence-corrected chi connectivity index (χ3v) is 4.45. The molecule has 0 saturated carbocycles. The number of rotatable bonds is 1. The Morgan fingerprint density at radius 3 is 2.76 bits per heavy atom. The first kappa shape index (κ1) is 10.7. The molecule has 0 amide bonds. The van der Waals surface area contributed by atoms with E-state index in [1.807, 2.05) is 6.92 Å². The molecule has 3 rings (SSSR count). The van der Waals surface area contributed by atoms with Gasteiger partial charge in [-0.3, -0.25) is 0 Å². The molecule has 2 N–H and O–H groups in total. The highest BCUT2D eigenvalue weighted by Gasteiger charge is 2.14. The van der Waals surface area contributed by atoms with Crippen molar-refractivity contribution in [2.75, 3.05) is 5.73 Å². The maximum atomic E-state index is 5.95. The topological polar surface area (TPSA) is 51.8 Å². The number of fused-ring (bicyclic) bond motifs is 1. The molecule has 0 fully saturated rings. The molecule has 1 aromatic carbocycles. The first-order valence-electron chi connectivity index (χ1n) is 5.24. The zero-order valence-corrected chi connectivity index (χ0v) is 11.2. The predicted octanol–water partition coefficient (Wildman–Crippen LogP) is 3.62. The molecule has 0 aliphatic rings. The van der Waals surface area contributed by atoms with Crippen molar-refractivity contribution in [2.24, 2.45) is 0 Å².